The summed E-state index contributed by atoms with van der Waals surface area (Å²) in [4.78, 5) is 0. The van der Waals surface area contributed by atoms with Crippen LogP contribution >= 0.6 is 0 Å². The molecule has 0 heterocycles. The van der Waals surface area contributed by atoms with E-state index in [9.17, 15) is 9.50 Å². The summed E-state index contributed by atoms with van der Waals surface area (Å²) in [6, 6.07) is 11.9. The Kier molecular flexibility index (Phi) is 4.33. The summed E-state index contributed by atoms with van der Waals surface area (Å²) < 4.78 is 18.3. The molecule has 0 amide bonds. The molecule has 21 heavy (non-hydrogen) atoms. The summed E-state index contributed by atoms with van der Waals surface area (Å²) in [5, 5.41) is 10.8. The second-order valence-corrected chi connectivity index (χ2v) is 5.85. The highest BCUT2D eigenvalue weighted by atomic mass is 19.1. The number of ether oxygens (including phenoxy) is 1. The summed E-state index contributed by atoms with van der Waals surface area (Å²) in [5.74, 6) is 0.493. The van der Waals surface area contributed by atoms with Crippen LogP contribution in [-0.2, 0) is 5.41 Å². The van der Waals surface area contributed by atoms with Gasteiger partial charge in [-0.15, -0.1) is 0 Å². The van der Waals surface area contributed by atoms with Gasteiger partial charge in [-0.25, -0.2) is 4.39 Å². The number of halogens is 1. The van der Waals surface area contributed by atoms with Gasteiger partial charge in [0.1, 0.15) is 11.6 Å². The fraction of sp³-hybridized carbons (Fsp3) is 0.333. The van der Waals surface area contributed by atoms with Gasteiger partial charge in [0.25, 0.3) is 0 Å². The molecule has 0 radical (unpaired) electrons. The molecule has 2 aromatic rings. The van der Waals surface area contributed by atoms with Crippen molar-refractivity contribution in [3.63, 3.8) is 0 Å². The monoisotopic (exact) mass is 288 g/mol. The van der Waals surface area contributed by atoms with Gasteiger partial charge in [-0.05, 0) is 47.9 Å². The largest absolute Gasteiger partial charge is 0.497 e. The second kappa shape index (κ2) is 5.86. The molecule has 2 aromatic carbocycles. The average molecular weight is 288 g/mol. The van der Waals surface area contributed by atoms with Crippen molar-refractivity contribution < 1.29 is 14.2 Å². The van der Waals surface area contributed by atoms with Crippen LogP contribution in [0.5, 0.6) is 5.75 Å². The highest BCUT2D eigenvalue weighted by molar-refractivity contribution is 5.39. The zero-order valence-corrected chi connectivity index (χ0v) is 12.9. The van der Waals surface area contributed by atoms with E-state index >= 15 is 0 Å². The third-order valence-electron chi connectivity index (χ3n) is 4.04. The number of aliphatic hydroxyl groups excluding tert-OH is 1. The molecular formula is C18H21FO2. The molecular weight excluding hydrogens is 267 g/mol. The standard InChI is InChI=1S/C18H21FO2/c1-12-11-15(21-4)9-10-16(12)17(20)18(2,3)13-5-7-14(19)8-6-13/h5-11,17,20H,1-4H3. The van der Waals surface area contributed by atoms with Gasteiger partial charge in [-0.1, -0.05) is 32.0 Å². The van der Waals surface area contributed by atoms with Gasteiger partial charge < -0.3 is 9.84 Å². The number of hydrogen-bond acceptors (Lipinski definition) is 2. The quantitative estimate of drug-likeness (QED) is 0.915. The summed E-state index contributed by atoms with van der Waals surface area (Å²) >= 11 is 0. The topological polar surface area (TPSA) is 29.5 Å². The molecule has 1 unspecified atom stereocenters. The minimum Gasteiger partial charge on any atom is -0.497 e. The molecule has 0 aliphatic carbocycles. The molecule has 112 valence electrons. The Morgan fingerprint density at radius 3 is 2.24 bits per heavy atom. The normalized spacial score (nSPS) is 13.0. The molecule has 1 atom stereocenters. The van der Waals surface area contributed by atoms with Crippen molar-refractivity contribution in [3.8, 4) is 5.75 Å². The molecule has 0 spiro atoms. The summed E-state index contributed by atoms with van der Waals surface area (Å²) in [5.41, 5.74) is 2.20. The lowest BCUT2D eigenvalue weighted by molar-refractivity contribution is 0.0995. The Morgan fingerprint density at radius 2 is 1.71 bits per heavy atom. The molecule has 1 N–H and O–H groups in total. The average Bonchev–Trinajstić information content (AvgIpc) is 2.46. The lowest BCUT2D eigenvalue weighted by atomic mass is 9.76. The highest BCUT2D eigenvalue weighted by Gasteiger charge is 2.32. The van der Waals surface area contributed by atoms with Crippen LogP contribution in [0.25, 0.3) is 0 Å². The van der Waals surface area contributed by atoms with Crippen LogP contribution < -0.4 is 4.74 Å². The van der Waals surface area contributed by atoms with E-state index < -0.39 is 11.5 Å². The fourth-order valence-electron chi connectivity index (χ4n) is 2.51. The number of benzene rings is 2. The first-order valence-corrected chi connectivity index (χ1v) is 6.95. The van der Waals surface area contributed by atoms with E-state index in [0.29, 0.717) is 0 Å². The van der Waals surface area contributed by atoms with Crippen LogP contribution in [0.3, 0.4) is 0 Å². The highest BCUT2D eigenvalue weighted by Crippen LogP contribution is 2.38. The summed E-state index contributed by atoms with van der Waals surface area (Å²) in [6.45, 7) is 5.85. The molecule has 2 rings (SSSR count). The number of aliphatic hydroxyl groups is 1. The van der Waals surface area contributed by atoms with Crippen molar-refractivity contribution in [2.24, 2.45) is 0 Å². The van der Waals surface area contributed by atoms with Gasteiger partial charge in [-0.3, -0.25) is 0 Å². The van der Waals surface area contributed by atoms with Gasteiger partial charge in [0.15, 0.2) is 0 Å². The van der Waals surface area contributed by atoms with Crippen LogP contribution in [0.15, 0.2) is 42.5 Å². The van der Waals surface area contributed by atoms with Crippen LogP contribution in [0.4, 0.5) is 4.39 Å². The molecule has 2 nitrogen and oxygen atoms in total. The van der Waals surface area contributed by atoms with Crippen molar-refractivity contribution in [3.05, 3.63) is 65.0 Å². The third kappa shape index (κ3) is 3.08. The Balaban J connectivity index is 2.37. The van der Waals surface area contributed by atoms with Crippen molar-refractivity contribution in [2.75, 3.05) is 7.11 Å². The first-order valence-electron chi connectivity index (χ1n) is 6.95. The van der Waals surface area contributed by atoms with E-state index in [1.54, 1.807) is 19.2 Å². The van der Waals surface area contributed by atoms with Crippen LogP contribution in [-0.4, -0.2) is 12.2 Å². The van der Waals surface area contributed by atoms with Crippen LogP contribution in [0.1, 0.15) is 36.6 Å². The molecule has 0 fully saturated rings. The van der Waals surface area contributed by atoms with E-state index in [1.165, 1.54) is 12.1 Å². The first kappa shape index (κ1) is 15.5. The van der Waals surface area contributed by atoms with E-state index in [-0.39, 0.29) is 5.82 Å². The summed E-state index contributed by atoms with van der Waals surface area (Å²) in [6.07, 6.45) is -0.686. The van der Waals surface area contributed by atoms with E-state index in [0.717, 1.165) is 22.4 Å². The van der Waals surface area contributed by atoms with Crippen molar-refractivity contribution in [1.82, 2.24) is 0 Å². The van der Waals surface area contributed by atoms with E-state index in [4.69, 9.17) is 4.74 Å². The minimum absolute atomic E-state index is 0.273. The van der Waals surface area contributed by atoms with Crippen molar-refractivity contribution in [1.29, 1.82) is 0 Å². The summed E-state index contributed by atoms with van der Waals surface area (Å²) in [7, 11) is 1.62. The zero-order chi connectivity index (χ0) is 15.6. The van der Waals surface area contributed by atoms with Crippen LogP contribution in [0.2, 0.25) is 0 Å². The lowest BCUT2D eigenvalue weighted by Gasteiger charge is -2.32. The number of aryl methyl sites for hydroxylation is 1. The zero-order valence-electron chi connectivity index (χ0n) is 12.9. The minimum atomic E-state index is -0.686. The molecule has 0 bridgehead atoms. The molecule has 0 saturated heterocycles. The van der Waals surface area contributed by atoms with Gasteiger partial charge in [-0.2, -0.15) is 0 Å². The Labute approximate surface area is 125 Å². The SMILES string of the molecule is COc1ccc(C(O)C(C)(C)c2ccc(F)cc2)c(C)c1. The van der Waals surface area contributed by atoms with Gasteiger partial charge in [0.05, 0.1) is 13.2 Å². The van der Waals surface area contributed by atoms with Crippen molar-refractivity contribution >= 4 is 0 Å². The maximum absolute atomic E-state index is 13.1. The number of methoxy groups -OCH3 is 1. The van der Waals surface area contributed by atoms with Gasteiger partial charge in [0.2, 0.25) is 0 Å². The Bertz CT molecular complexity index is 618. The van der Waals surface area contributed by atoms with Crippen LogP contribution in [0, 0.1) is 12.7 Å². The predicted molar refractivity (Wildman–Crippen MR) is 82.1 cm³/mol. The maximum atomic E-state index is 13.1. The Morgan fingerprint density at radius 1 is 1.10 bits per heavy atom. The molecule has 0 aliphatic rings. The second-order valence-electron chi connectivity index (χ2n) is 5.85. The fourth-order valence-corrected chi connectivity index (χ4v) is 2.51. The van der Waals surface area contributed by atoms with Gasteiger partial charge in [0, 0.05) is 5.41 Å². The Hall–Kier alpha value is -1.87. The van der Waals surface area contributed by atoms with Crippen molar-refractivity contribution in [2.45, 2.75) is 32.3 Å². The maximum Gasteiger partial charge on any atom is 0.123 e. The van der Waals surface area contributed by atoms with Gasteiger partial charge >= 0.3 is 0 Å². The number of rotatable bonds is 4. The molecule has 0 aromatic heterocycles. The molecule has 0 saturated carbocycles. The predicted octanol–water partition coefficient (Wildman–Crippen LogP) is 4.15. The molecule has 3 heteroatoms. The van der Waals surface area contributed by atoms with E-state index in [1.807, 2.05) is 39.0 Å². The first-order chi connectivity index (χ1) is 9.86. The third-order valence-corrected chi connectivity index (χ3v) is 4.04. The molecule has 0 aliphatic heterocycles. The number of hydrogen-bond donors (Lipinski definition) is 1. The lowest BCUT2D eigenvalue weighted by Crippen LogP contribution is -2.27. The smallest absolute Gasteiger partial charge is 0.123 e. The van der Waals surface area contributed by atoms with E-state index in [2.05, 4.69) is 0 Å².